The van der Waals surface area contributed by atoms with Gasteiger partial charge in [-0.2, -0.15) is 0 Å². The quantitative estimate of drug-likeness (QED) is 0.747. The Morgan fingerprint density at radius 3 is 2.90 bits per heavy atom. The van der Waals surface area contributed by atoms with Gasteiger partial charge in [0.25, 0.3) is 0 Å². The van der Waals surface area contributed by atoms with E-state index in [2.05, 4.69) is 0 Å². The number of fused-ring (bicyclic) bond motifs is 1. The number of esters is 1. The molecule has 0 atom stereocenters. The van der Waals surface area contributed by atoms with Crippen molar-refractivity contribution in [3.8, 4) is 11.5 Å². The predicted molar refractivity (Wildman–Crippen MR) is 78.4 cm³/mol. The Labute approximate surface area is 122 Å². The zero-order valence-electron chi connectivity index (χ0n) is 11.0. The minimum absolute atomic E-state index is 0.0909. The van der Waals surface area contributed by atoms with E-state index in [9.17, 15) is 9.59 Å². The highest BCUT2D eigenvalue weighted by molar-refractivity contribution is 7.21. The Hall–Kier alpha value is -2.54. The predicted octanol–water partition coefficient (Wildman–Crippen LogP) is 2.87. The molecule has 0 aromatic carbocycles. The number of thiophene rings is 1. The van der Waals surface area contributed by atoms with Crippen molar-refractivity contribution in [2.45, 2.75) is 6.92 Å². The Bertz CT molecular complexity index is 859. The molecule has 3 rings (SSSR count). The fourth-order valence-corrected chi connectivity index (χ4v) is 3.00. The molecule has 108 valence electrons. The lowest BCUT2D eigenvalue weighted by Crippen LogP contribution is -2.06. The molecule has 0 aliphatic carbocycles. The first-order chi connectivity index (χ1) is 10.1. The molecule has 0 aliphatic rings. The zero-order chi connectivity index (χ0) is 15.0. The fourth-order valence-electron chi connectivity index (χ4n) is 1.96. The SMILES string of the molecule is CCOC(=O)c1sc2cc(-c3ccco3)oc(=O)c2c1N. The van der Waals surface area contributed by atoms with E-state index in [1.165, 1.54) is 6.26 Å². The first-order valence-corrected chi connectivity index (χ1v) is 7.00. The molecule has 0 saturated heterocycles. The standard InChI is InChI=1S/C14H11NO5S/c1-2-18-14(17)12-11(15)10-9(21-12)6-8(20-13(10)16)7-4-3-5-19-7/h3-6H,2,15H2,1H3. The van der Waals surface area contributed by atoms with E-state index in [1.807, 2.05) is 0 Å². The van der Waals surface area contributed by atoms with E-state index in [1.54, 1.807) is 25.1 Å². The van der Waals surface area contributed by atoms with E-state index in [4.69, 9.17) is 19.3 Å². The molecule has 7 heteroatoms. The third-order valence-corrected chi connectivity index (χ3v) is 4.00. The number of nitrogen functional groups attached to an aromatic ring is 1. The number of hydrogen-bond donors (Lipinski definition) is 1. The van der Waals surface area contributed by atoms with Crippen molar-refractivity contribution in [1.82, 2.24) is 0 Å². The van der Waals surface area contributed by atoms with Crippen LogP contribution in [0.5, 0.6) is 0 Å². The second-order valence-electron chi connectivity index (χ2n) is 4.18. The van der Waals surface area contributed by atoms with Crippen LogP contribution in [0.1, 0.15) is 16.6 Å². The molecule has 2 N–H and O–H groups in total. The van der Waals surface area contributed by atoms with Crippen LogP contribution >= 0.6 is 11.3 Å². The summed E-state index contributed by atoms with van der Waals surface area (Å²) in [6.45, 7) is 1.93. The minimum atomic E-state index is -0.608. The molecule has 0 radical (unpaired) electrons. The van der Waals surface area contributed by atoms with Crippen LogP contribution in [0.4, 0.5) is 5.69 Å². The second-order valence-corrected chi connectivity index (χ2v) is 5.23. The van der Waals surface area contributed by atoms with Gasteiger partial charge in [-0.15, -0.1) is 11.3 Å². The molecule has 0 fully saturated rings. The average molecular weight is 305 g/mol. The molecular formula is C14H11NO5S. The van der Waals surface area contributed by atoms with Gasteiger partial charge < -0.3 is 19.3 Å². The Balaban J connectivity index is 2.20. The molecule has 6 nitrogen and oxygen atoms in total. The smallest absolute Gasteiger partial charge is 0.350 e. The number of hydrogen-bond acceptors (Lipinski definition) is 7. The summed E-state index contributed by atoms with van der Waals surface area (Å²) in [4.78, 5) is 24.1. The van der Waals surface area contributed by atoms with Gasteiger partial charge in [-0.25, -0.2) is 9.59 Å². The maximum Gasteiger partial charge on any atom is 0.350 e. The van der Waals surface area contributed by atoms with Crippen molar-refractivity contribution >= 4 is 33.1 Å². The molecule has 0 saturated carbocycles. The zero-order valence-corrected chi connectivity index (χ0v) is 11.9. The number of furan rings is 1. The van der Waals surface area contributed by atoms with Crippen molar-refractivity contribution < 1.29 is 18.4 Å². The highest BCUT2D eigenvalue weighted by Gasteiger charge is 2.21. The van der Waals surface area contributed by atoms with Gasteiger partial charge in [-0.3, -0.25) is 0 Å². The molecule has 3 aromatic rings. The van der Waals surface area contributed by atoms with Crippen LogP contribution in [0.3, 0.4) is 0 Å². The highest BCUT2D eigenvalue weighted by atomic mass is 32.1. The molecule has 0 aliphatic heterocycles. The first kappa shape index (κ1) is 13.4. The van der Waals surface area contributed by atoms with Crippen molar-refractivity contribution in [3.05, 3.63) is 39.8 Å². The van der Waals surface area contributed by atoms with Crippen LogP contribution in [-0.4, -0.2) is 12.6 Å². The van der Waals surface area contributed by atoms with Gasteiger partial charge in [0.15, 0.2) is 11.5 Å². The van der Waals surface area contributed by atoms with E-state index in [0.717, 1.165) is 11.3 Å². The average Bonchev–Trinajstić information content (AvgIpc) is 3.07. The van der Waals surface area contributed by atoms with Crippen LogP contribution in [0.2, 0.25) is 0 Å². The topological polar surface area (TPSA) is 95.7 Å². The lowest BCUT2D eigenvalue weighted by molar-refractivity contribution is 0.0533. The van der Waals surface area contributed by atoms with Crippen LogP contribution in [0.15, 0.2) is 38.1 Å². The molecule has 0 bridgehead atoms. The first-order valence-electron chi connectivity index (χ1n) is 6.19. The molecular weight excluding hydrogens is 294 g/mol. The van der Waals surface area contributed by atoms with Gasteiger partial charge >= 0.3 is 11.6 Å². The summed E-state index contributed by atoms with van der Waals surface area (Å²) in [6, 6.07) is 4.99. The number of ether oxygens (including phenoxy) is 1. The number of carbonyl (C=O) groups excluding carboxylic acids is 1. The summed E-state index contributed by atoms with van der Waals surface area (Å²) in [5, 5.41) is 0.193. The number of anilines is 1. The Kier molecular flexibility index (Phi) is 3.26. The van der Waals surface area contributed by atoms with Gasteiger partial charge in [-0.1, -0.05) is 0 Å². The van der Waals surface area contributed by atoms with Crippen molar-refractivity contribution in [2.75, 3.05) is 12.3 Å². The van der Waals surface area contributed by atoms with Gasteiger partial charge in [0.2, 0.25) is 0 Å². The number of rotatable bonds is 3. The summed E-state index contributed by atoms with van der Waals surface area (Å²) < 4.78 is 15.9. The van der Waals surface area contributed by atoms with Crippen LogP contribution < -0.4 is 11.4 Å². The third kappa shape index (κ3) is 2.21. The normalized spacial score (nSPS) is 10.9. The monoisotopic (exact) mass is 305 g/mol. The summed E-state index contributed by atoms with van der Waals surface area (Å²) >= 11 is 1.10. The summed E-state index contributed by atoms with van der Waals surface area (Å²) in [6.07, 6.45) is 1.48. The Morgan fingerprint density at radius 1 is 1.43 bits per heavy atom. The summed E-state index contributed by atoms with van der Waals surface area (Å²) in [5.74, 6) is 0.169. The van der Waals surface area contributed by atoms with Gasteiger partial charge in [-0.05, 0) is 19.1 Å². The fraction of sp³-hybridized carbons (Fsp3) is 0.143. The van der Waals surface area contributed by atoms with Gasteiger partial charge in [0, 0.05) is 10.8 Å². The van der Waals surface area contributed by atoms with Crippen molar-refractivity contribution in [3.63, 3.8) is 0 Å². The maximum atomic E-state index is 12.1. The van der Waals surface area contributed by atoms with E-state index in [-0.39, 0.29) is 28.3 Å². The lowest BCUT2D eigenvalue weighted by atomic mass is 10.2. The van der Waals surface area contributed by atoms with Crippen LogP contribution in [0, 0.1) is 0 Å². The largest absolute Gasteiger partial charge is 0.462 e. The van der Waals surface area contributed by atoms with E-state index >= 15 is 0 Å². The molecule has 0 unspecified atom stereocenters. The lowest BCUT2D eigenvalue weighted by Gasteiger charge is -1.98. The molecule has 3 heterocycles. The van der Waals surface area contributed by atoms with E-state index < -0.39 is 11.6 Å². The Morgan fingerprint density at radius 2 is 2.24 bits per heavy atom. The van der Waals surface area contributed by atoms with Crippen LogP contribution in [0.25, 0.3) is 21.6 Å². The molecule has 0 amide bonds. The number of carbonyl (C=O) groups is 1. The summed E-state index contributed by atoms with van der Waals surface area (Å²) in [7, 11) is 0. The molecule has 21 heavy (non-hydrogen) atoms. The number of nitrogens with two attached hydrogens (primary N) is 1. The molecule has 0 spiro atoms. The third-order valence-electron chi connectivity index (χ3n) is 2.87. The van der Waals surface area contributed by atoms with Crippen molar-refractivity contribution in [1.29, 1.82) is 0 Å². The maximum absolute atomic E-state index is 12.1. The summed E-state index contributed by atoms with van der Waals surface area (Å²) in [5.41, 5.74) is 5.35. The second kappa shape index (κ2) is 5.10. The van der Waals surface area contributed by atoms with Gasteiger partial charge in [0.1, 0.15) is 10.3 Å². The van der Waals surface area contributed by atoms with Gasteiger partial charge in [0.05, 0.1) is 18.6 Å². The molecule has 3 aromatic heterocycles. The van der Waals surface area contributed by atoms with Crippen molar-refractivity contribution in [2.24, 2.45) is 0 Å². The van der Waals surface area contributed by atoms with E-state index in [0.29, 0.717) is 10.5 Å². The minimum Gasteiger partial charge on any atom is -0.462 e. The van der Waals surface area contributed by atoms with Crippen LogP contribution in [-0.2, 0) is 4.74 Å². The highest BCUT2D eigenvalue weighted by Crippen LogP contribution is 2.34.